The summed E-state index contributed by atoms with van der Waals surface area (Å²) in [5.74, 6) is -0.992. The maximum atomic E-state index is 12.3. The van der Waals surface area contributed by atoms with Gasteiger partial charge in [0.2, 0.25) is 0 Å². The van der Waals surface area contributed by atoms with Crippen molar-refractivity contribution in [3.8, 4) is 0 Å². The number of amides is 2. The van der Waals surface area contributed by atoms with Gasteiger partial charge in [0, 0.05) is 16.8 Å². The van der Waals surface area contributed by atoms with Gasteiger partial charge in [0.25, 0.3) is 11.8 Å². The van der Waals surface area contributed by atoms with Gasteiger partial charge in [0.1, 0.15) is 6.04 Å². The molecule has 1 unspecified atom stereocenters. The van der Waals surface area contributed by atoms with E-state index in [2.05, 4.69) is 15.6 Å². The second-order valence-electron chi connectivity index (χ2n) is 5.20. The molecule has 0 aliphatic carbocycles. The van der Waals surface area contributed by atoms with Crippen molar-refractivity contribution in [2.24, 2.45) is 4.99 Å². The maximum absolute atomic E-state index is 12.3. The quantitative estimate of drug-likeness (QED) is 0.728. The maximum Gasteiger partial charge on any atom is 0.252 e. The molecule has 8 nitrogen and oxygen atoms in total. The lowest BCUT2D eigenvalue weighted by molar-refractivity contribution is -0.116. The second kappa shape index (κ2) is 6.89. The number of halogens is 1. The van der Waals surface area contributed by atoms with Gasteiger partial charge in [-0.15, -0.1) is 0 Å². The Morgan fingerprint density at radius 1 is 1.28 bits per heavy atom. The molecule has 0 spiro atoms. The number of aliphatic imine (C=N–C) groups is 1. The molecule has 3 rings (SSSR count). The van der Waals surface area contributed by atoms with Gasteiger partial charge in [-0.3, -0.25) is 19.8 Å². The Balaban J connectivity index is 1.78. The zero-order chi connectivity index (χ0) is 18.0. The largest absolute Gasteiger partial charge is 0.733 e. The van der Waals surface area contributed by atoms with E-state index in [1.54, 1.807) is 12.1 Å². The molecule has 1 heterocycles. The summed E-state index contributed by atoms with van der Waals surface area (Å²) < 4.78 is 0. The van der Waals surface area contributed by atoms with Gasteiger partial charge in [-0.05, 0) is 42.5 Å². The van der Waals surface area contributed by atoms with Gasteiger partial charge < -0.3 is 21.1 Å². The number of anilines is 2. The van der Waals surface area contributed by atoms with E-state index in [4.69, 9.17) is 16.8 Å². The average Bonchev–Trinajstić information content (AvgIpc) is 2.74. The number of rotatable bonds is 3. The first kappa shape index (κ1) is 16.9. The molecule has 25 heavy (non-hydrogen) atoms. The molecule has 2 aromatic rings. The van der Waals surface area contributed by atoms with Crippen LogP contribution < -0.4 is 15.9 Å². The number of hydrogen-bond acceptors (Lipinski definition) is 6. The summed E-state index contributed by atoms with van der Waals surface area (Å²) in [6.07, 6.45) is 1.29. The second-order valence-corrected chi connectivity index (χ2v) is 5.64. The van der Waals surface area contributed by atoms with Crippen molar-refractivity contribution in [3.05, 3.63) is 58.3 Å². The summed E-state index contributed by atoms with van der Waals surface area (Å²) >= 11 is 5.78. The van der Waals surface area contributed by atoms with Crippen molar-refractivity contribution < 1.29 is 14.8 Å². The Bertz CT molecular complexity index is 852. The fourth-order valence-electron chi connectivity index (χ4n) is 2.22. The number of nitrogens with zero attached hydrogens (tertiary/aromatic N) is 2. The molecular formula is C16H12ClN4O4-. The first-order valence-electron chi connectivity index (χ1n) is 7.16. The molecule has 3 N–H and O–H groups in total. The molecule has 1 aliphatic heterocycles. The standard InChI is InChI=1S/C16H12ClN4O4/c17-10-3-1-9(2-4-10)15(22)20-14-8-18-12-6-5-11(21(24)25)7-13(12)19-16(14)23/h1-8,14,24H,(H,19,23)(H,20,22)/q-1. The van der Waals surface area contributed by atoms with E-state index < -0.39 is 17.9 Å². The summed E-state index contributed by atoms with van der Waals surface area (Å²) in [7, 11) is 0. The van der Waals surface area contributed by atoms with Crippen molar-refractivity contribution in [1.29, 1.82) is 0 Å². The lowest BCUT2D eigenvalue weighted by Crippen LogP contribution is -2.44. The van der Waals surface area contributed by atoms with Crippen molar-refractivity contribution in [3.63, 3.8) is 0 Å². The molecule has 0 fully saturated rings. The van der Waals surface area contributed by atoms with Crippen LogP contribution in [0.15, 0.2) is 47.5 Å². The van der Waals surface area contributed by atoms with Crippen LogP contribution in [0.5, 0.6) is 0 Å². The third-order valence-corrected chi connectivity index (χ3v) is 3.75. The Hall–Kier alpha value is -2.94. The van der Waals surface area contributed by atoms with Crippen LogP contribution in [0.2, 0.25) is 5.02 Å². The van der Waals surface area contributed by atoms with Gasteiger partial charge >= 0.3 is 0 Å². The van der Waals surface area contributed by atoms with Crippen LogP contribution in [0, 0.1) is 5.21 Å². The smallest absolute Gasteiger partial charge is 0.252 e. The van der Waals surface area contributed by atoms with Crippen LogP contribution >= 0.6 is 11.6 Å². The van der Waals surface area contributed by atoms with Crippen molar-refractivity contribution in [2.75, 3.05) is 10.5 Å². The Morgan fingerprint density at radius 3 is 2.68 bits per heavy atom. The van der Waals surface area contributed by atoms with E-state index in [1.165, 1.54) is 36.5 Å². The highest BCUT2D eigenvalue weighted by Gasteiger charge is 2.23. The third-order valence-electron chi connectivity index (χ3n) is 3.50. The predicted molar refractivity (Wildman–Crippen MR) is 93.6 cm³/mol. The van der Waals surface area contributed by atoms with E-state index >= 15 is 0 Å². The number of nitrogens with one attached hydrogen (secondary N) is 2. The zero-order valence-corrected chi connectivity index (χ0v) is 13.4. The van der Waals surface area contributed by atoms with Crippen LogP contribution in [0.1, 0.15) is 10.4 Å². The molecular weight excluding hydrogens is 348 g/mol. The molecule has 0 saturated carbocycles. The topological polar surface area (TPSA) is 117 Å². The Labute approximate surface area is 147 Å². The highest BCUT2D eigenvalue weighted by Crippen LogP contribution is 2.30. The minimum absolute atomic E-state index is 0.0575. The lowest BCUT2D eigenvalue weighted by atomic mass is 10.2. The monoisotopic (exact) mass is 359 g/mol. The van der Waals surface area contributed by atoms with E-state index in [1.807, 2.05) is 0 Å². The molecule has 9 heteroatoms. The molecule has 0 aromatic heterocycles. The molecule has 0 saturated heterocycles. The van der Waals surface area contributed by atoms with E-state index in [9.17, 15) is 14.8 Å². The summed E-state index contributed by atoms with van der Waals surface area (Å²) in [5, 5.41) is 25.2. The highest BCUT2D eigenvalue weighted by atomic mass is 35.5. The predicted octanol–water partition coefficient (Wildman–Crippen LogP) is 2.49. The fraction of sp³-hybridized carbons (Fsp3) is 0.0625. The fourth-order valence-corrected chi connectivity index (χ4v) is 2.34. The number of carbonyl (C=O) groups excluding carboxylic acids is 2. The molecule has 2 amide bonds. The normalized spacial score (nSPS) is 15.8. The third kappa shape index (κ3) is 3.77. The van der Waals surface area contributed by atoms with Crippen LogP contribution in [-0.4, -0.2) is 29.3 Å². The van der Waals surface area contributed by atoms with Crippen LogP contribution in [0.4, 0.5) is 17.1 Å². The van der Waals surface area contributed by atoms with Gasteiger partial charge in [-0.2, -0.15) is 0 Å². The Morgan fingerprint density at radius 2 is 2.00 bits per heavy atom. The average molecular weight is 360 g/mol. The van der Waals surface area contributed by atoms with E-state index in [0.29, 0.717) is 16.3 Å². The molecule has 0 radical (unpaired) electrons. The molecule has 0 bridgehead atoms. The first-order chi connectivity index (χ1) is 11.9. The Kier molecular flexibility index (Phi) is 4.66. The first-order valence-corrected chi connectivity index (χ1v) is 7.53. The molecule has 1 aliphatic rings. The summed E-state index contributed by atoms with van der Waals surface area (Å²) in [5.41, 5.74) is 0.925. The van der Waals surface area contributed by atoms with E-state index in [0.717, 1.165) is 0 Å². The molecule has 2 aromatic carbocycles. The number of hydrogen-bond donors (Lipinski definition) is 3. The van der Waals surface area contributed by atoms with Crippen molar-refractivity contribution in [2.45, 2.75) is 6.04 Å². The van der Waals surface area contributed by atoms with Crippen molar-refractivity contribution in [1.82, 2.24) is 5.32 Å². The van der Waals surface area contributed by atoms with Gasteiger partial charge in [-0.1, -0.05) is 11.6 Å². The van der Waals surface area contributed by atoms with Crippen LogP contribution in [0.3, 0.4) is 0 Å². The van der Waals surface area contributed by atoms with Crippen molar-refractivity contribution >= 4 is 46.7 Å². The summed E-state index contributed by atoms with van der Waals surface area (Å²) in [4.78, 5) is 28.6. The SMILES string of the molecule is O=C(NC1C=Nc2ccc(N([O-])O)cc2NC1=O)c1ccc(Cl)cc1. The lowest BCUT2D eigenvalue weighted by Gasteiger charge is -2.22. The summed E-state index contributed by atoms with van der Waals surface area (Å²) in [6.45, 7) is 0. The van der Waals surface area contributed by atoms with Gasteiger partial charge in [-0.25, -0.2) is 0 Å². The molecule has 1 atom stereocenters. The number of carbonyl (C=O) groups is 2. The number of benzene rings is 2. The van der Waals surface area contributed by atoms with E-state index in [-0.39, 0.29) is 16.6 Å². The highest BCUT2D eigenvalue weighted by molar-refractivity contribution is 6.30. The van der Waals surface area contributed by atoms with Gasteiger partial charge in [0.15, 0.2) is 0 Å². The zero-order valence-electron chi connectivity index (χ0n) is 12.6. The van der Waals surface area contributed by atoms with Crippen LogP contribution in [0.25, 0.3) is 0 Å². The molecule has 128 valence electrons. The van der Waals surface area contributed by atoms with Crippen LogP contribution in [-0.2, 0) is 4.79 Å². The minimum atomic E-state index is -1.00. The minimum Gasteiger partial charge on any atom is -0.733 e. The summed E-state index contributed by atoms with van der Waals surface area (Å²) in [6, 6.07) is 9.30. The number of fused-ring (bicyclic) bond motifs is 1. The van der Waals surface area contributed by atoms with Gasteiger partial charge in [0.05, 0.1) is 17.1 Å².